The summed E-state index contributed by atoms with van der Waals surface area (Å²) in [6.45, 7) is 2.39. The highest BCUT2D eigenvalue weighted by atomic mass is 16.1. The molecule has 1 aromatic rings. The molecule has 2 heterocycles. The topological polar surface area (TPSA) is 90.7 Å². The predicted octanol–water partition coefficient (Wildman–Crippen LogP) is 0.347. The average Bonchev–Trinajstić information content (AvgIpc) is 2.72. The zero-order valence-electron chi connectivity index (χ0n) is 9.53. The van der Waals surface area contributed by atoms with Crippen LogP contribution in [0.3, 0.4) is 0 Å². The molecule has 0 spiro atoms. The number of carbonyl (C=O) groups is 1. The Hall–Kier alpha value is -2.16. The van der Waals surface area contributed by atoms with Crippen LogP contribution in [0.25, 0.3) is 0 Å². The van der Waals surface area contributed by atoms with Crippen LogP contribution in [0.15, 0.2) is 6.07 Å². The van der Waals surface area contributed by atoms with Gasteiger partial charge in [-0.2, -0.15) is 5.26 Å². The van der Waals surface area contributed by atoms with Gasteiger partial charge < -0.3 is 10.6 Å². The van der Waals surface area contributed by atoms with E-state index in [9.17, 15) is 4.79 Å². The van der Waals surface area contributed by atoms with Crippen molar-refractivity contribution >= 4 is 11.9 Å². The van der Waals surface area contributed by atoms with Gasteiger partial charge in [-0.25, -0.2) is 9.97 Å². The van der Waals surface area contributed by atoms with E-state index in [0.29, 0.717) is 24.6 Å². The molecule has 1 amide bonds. The van der Waals surface area contributed by atoms with Gasteiger partial charge in [0.25, 0.3) is 0 Å². The molecule has 1 aromatic heterocycles. The Morgan fingerprint density at radius 3 is 3.12 bits per heavy atom. The van der Waals surface area contributed by atoms with Gasteiger partial charge in [-0.05, 0) is 19.4 Å². The number of aryl methyl sites for hydroxylation is 1. The summed E-state index contributed by atoms with van der Waals surface area (Å²) in [4.78, 5) is 19.2. The fourth-order valence-corrected chi connectivity index (χ4v) is 1.75. The van der Waals surface area contributed by atoms with E-state index in [1.54, 1.807) is 6.07 Å². The summed E-state index contributed by atoms with van der Waals surface area (Å²) in [7, 11) is 0. The van der Waals surface area contributed by atoms with Crippen LogP contribution in [-0.4, -0.2) is 28.5 Å². The zero-order chi connectivity index (χ0) is 12.3. The third-order valence-electron chi connectivity index (χ3n) is 2.56. The maximum Gasteiger partial charge on any atom is 0.224 e. The molecule has 17 heavy (non-hydrogen) atoms. The van der Waals surface area contributed by atoms with Gasteiger partial charge in [0.15, 0.2) is 0 Å². The quantitative estimate of drug-likeness (QED) is 0.783. The van der Waals surface area contributed by atoms with Crippen LogP contribution >= 0.6 is 0 Å². The van der Waals surface area contributed by atoms with E-state index in [0.717, 1.165) is 12.1 Å². The molecule has 1 aliphatic heterocycles. The van der Waals surface area contributed by atoms with Crippen molar-refractivity contribution < 1.29 is 4.79 Å². The van der Waals surface area contributed by atoms with Gasteiger partial charge in [0.1, 0.15) is 11.8 Å². The summed E-state index contributed by atoms with van der Waals surface area (Å²) in [5.74, 6) is 0.516. The van der Waals surface area contributed by atoms with E-state index < -0.39 is 0 Å². The van der Waals surface area contributed by atoms with Crippen LogP contribution in [0, 0.1) is 18.3 Å². The highest BCUT2D eigenvalue weighted by Crippen LogP contribution is 2.08. The predicted molar refractivity (Wildman–Crippen MR) is 61.1 cm³/mol. The molecule has 2 N–H and O–H groups in total. The molecule has 1 aliphatic rings. The number of nitriles is 1. The molecule has 1 atom stereocenters. The minimum Gasteiger partial charge on any atom is -0.352 e. The van der Waals surface area contributed by atoms with Crippen molar-refractivity contribution in [1.29, 1.82) is 5.26 Å². The molecule has 0 aromatic carbocycles. The minimum absolute atomic E-state index is 0.0830. The molecule has 0 bridgehead atoms. The Morgan fingerprint density at radius 1 is 1.65 bits per heavy atom. The number of rotatable bonds is 3. The van der Waals surface area contributed by atoms with E-state index in [4.69, 9.17) is 5.26 Å². The number of hydrogen-bond acceptors (Lipinski definition) is 5. The van der Waals surface area contributed by atoms with Crippen molar-refractivity contribution in [3.05, 3.63) is 17.5 Å². The summed E-state index contributed by atoms with van der Waals surface area (Å²) in [5, 5.41) is 14.7. The van der Waals surface area contributed by atoms with Gasteiger partial charge in [-0.3, -0.25) is 4.79 Å². The van der Waals surface area contributed by atoms with Gasteiger partial charge in [0.2, 0.25) is 11.9 Å². The number of nitrogens with one attached hydrogen (secondary N) is 2. The second-order valence-electron chi connectivity index (χ2n) is 4.01. The van der Waals surface area contributed by atoms with E-state index in [2.05, 4.69) is 20.6 Å². The molecule has 0 saturated carbocycles. The summed E-state index contributed by atoms with van der Waals surface area (Å²) < 4.78 is 0. The van der Waals surface area contributed by atoms with Crippen LogP contribution in [0.1, 0.15) is 24.2 Å². The number of amides is 1. The lowest BCUT2D eigenvalue weighted by molar-refractivity contribution is -0.119. The lowest BCUT2D eigenvalue weighted by atomic mass is 10.2. The third kappa shape index (κ3) is 2.91. The molecule has 1 fully saturated rings. The number of nitrogens with zero attached hydrogens (tertiary/aromatic N) is 3. The maximum atomic E-state index is 11.0. The minimum atomic E-state index is 0.0830. The van der Waals surface area contributed by atoms with E-state index in [-0.39, 0.29) is 11.9 Å². The Kier molecular flexibility index (Phi) is 3.19. The van der Waals surface area contributed by atoms with Crippen LogP contribution in [0.2, 0.25) is 0 Å². The summed E-state index contributed by atoms with van der Waals surface area (Å²) in [5.41, 5.74) is 1.09. The van der Waals surface area contributed by atoms with Crippen LogP contribution in [0.4, 0.5) is 5.95 Å². The Labute approximate surface area is 99.1 Å². The number of carbonyl (C=O) groups excluding carboxylic acids is 1. The lowest BCUT2D eigenvalue weighted by Crippen LogP contribution is -2.32. The highest BCUT2D eigenvalue weighted by Gasteiger charge is 2.20. The molecular formula is C11H13N5O. The zero-order valence-corrected chi connectivity index (χ0v) is 9.53. The molecule has 1 saturated heterocycles. The Bertz CT molecular complexity index is 479. The molecule has 1 unspecified atom stereocenters. The lowest BCUT2D eigenvalue weighted by Gasteiger charge is -2.11. The number of hydrogen-bond donors (Lipinski definition) is 2. The monoisotopic (exact) mass is 231 g/mol. The molecule has 6 heteroatoms. The van der Waals surface area contributed by atoms with E-state index in [1.165, 1.54) is 0 Å². The fourth-order valence-electron chi connectivity index (χ4n) is 1.75. The SMILES string of the molecule is Cc1cc(C#N)nc(NCC2CCC(=O)N2)n1. The molecule has 0 radical (unpaired) electrons. The summed E-state index contributed by atoms with van der Waals surface area (Å²) in [6.07, 6.45) is 1.40. The van der Waals surface area contributed by atoms with Gasteiger partial charge in [0, 0.05) is 24.7 Å². The molecule has 2 rings (SSSR count). The standard InChI is InChI=1S/C11H13N5O/c1-7-4-9(5-12)16-11(14-7)13-6-8-2-3-10(17)15-8/h4,8H,2-3,6H2,1H3,(H,15,17)(H,13,14,16). The first kappa shape index (κ1) is 11.3. The van der Waals surface area contributed by atoms with Crippen LogP contribution in [0.5, 0.6) is 0 Å². The van der Waals surface area contributed by atoms with Crippen molar-refractivity contribution in [3.8, 4) is 6.07 Å². The van der Waals surface area contributed by atoms with Gasteiger partial charge in [0.05, 0.1) is 0 Å². The van der Waals surface area contributed by atoms with E-state index in [1.807, 2.05) is 13.0 Å². The van der Waals surface area contributed by atoms with Crippen molar-refractivity contribution in [3.63, 3.8) is 0 Å². The number of anilines is 1. The maximum absolute atomic E-state index is 11.0. The van der Waals surface area contributed by atoms with Gasteiger partial charge in [-0.15, -0.1) is 0 Å². The van der Waals surface area contributed by atoms with Gasteiger partial charge in [-0.1, -0.05) is 0 Å². The first-order chi connectivity index (χ1) is 8.17. The smallest absolute Gasteiger partial charge is 0.224 e. The van der Waals surface area contributed by atoms with Crippen LogP contribution < -0.4 is 10.6 Å². The number of aromatic nitrogens is 2. The molecule has 6 nitrogen and oxygen atoms in total. The largest absolute Gasteiger partial charge is 0.352 e. The Balaban J connectivity index is 1.97. The molecular weight excluding hydrogens is 218 g/mol. The Morgan fingerprint density at radius 2 is 2.47 bits per heavy atom. The molecule has 88 valence electrons. The normalized spacial score (nSPS) is 18.6. The van der Waals surface area contributed by atoms with Crippen molar-refractivity contribution in [2.45, 2.75) is 25.8 Å². The second kappa shape index (κ2) is 4.78. The third-order valence-corrected chi connectivity index (χ3v) is 2.56. The van der Waals surface area contributed by atoms with Crippen molar-refractivity contribution in [1.82, 2.24) is 15.3 Å². The summed E-state index contributed by atoms with van der Waals surface area (Å²) >= 11 is 0. The van der Waals surface area contributed by atoms with E-state index >= 15 is 0 Å². The second-order valence-corrected chi connectivity index (χ2v) is 4.01. The highest BCUT2D eigenvalue weighted by molar-refractivity contribution is 5.78. The first-order valence-electron chi connectivity index (χ1n) is 5.46. The fraction of sp³-hybridized carbons (Fsp3) is 0.455. The first-order valence-corrected chi connectivity index (χ1v) is 5.46. The molecule has 0 aliphatic carbocycles. The van der Waals surface area contributed by atoms with Crippen molar-refractivity contribution in [2.24, 2.45) is 0 Å². The summed E-state index contributed by atoms with van der Waals surface area (Å²) in [6, 6.07) is 3.73. The van der Waals surface area contributed by atoms with Crippen molar-refractivity contribution in [2.75, 3.05) is 11.9 Å². The van der Waals surface area contributed by atoms with Gasteiger partial charge >= 0.3 is 0 Å². The van der Waals surface area contributed by atoms with Crippen LogP contribution in [-0.2, 0) is 4.79 Å². The average molecular weight is 231 g/mol.